The van der Waals surface area contributed by atoms with E-state index >= 15 is 0 Å². The second kappa shape index (κ2) is 6.92. The first-order chi connectivity index (χ1) is 9.26. The van der Waals surface area contributed by atoms with Gasteiger partial charge in [-0.1, -0.05) is 18.2 Å². The van der Waals surface area contributed by atoms with Crippen LogP contribution >= 0.6 is 0 Å². The van der Waals surface area contributed by atoms with E-state index in [1.165, 1.54) is 25.1 Å². The molecular formula is C16H26N2O. The number of rotatable bonds is 6. The van der Waals surface area contributed by atoms with Crippen LogP contribution in [0.2, 0.25) is 0 Å². The third-order valence-electron chi connectivity index (χ3n) is 4.03. The van der Waals surface area contributed by atoms with Crippen LogP contribution in [0.15, 0.2) is 24.3 Å². The van der Waals surface area contributed by atoms with Crippen molar-refractivity contribution in [3.05, 3.63) is 29.8 Å². The average Bonchev–Trinajstić information content (AvgIpc) is 2.88. The minimum absolute atomic E-state index is 0.435. The molecule has 2 unspecified atom stereocenters. The largest absolute Gasteiger partial charge is 0.494 e. The number of nitrogens with one attached hydrogen (secondary N) is 1. The van der Waals surface area contributed by atoms with Gasteiger partial charge in [-0.15, -0.1) is 0 Å². The highest BCUT2D eigenvalue weighted by atomic mass is 16.5. The van der Waals surface area contributed by atoms with Gasteiger partial charge in [-0.3, -0.25) is 4.90 Å². The minimum atomic E-state index is 0.435. The van der Waals surface area contributed by atoms with Gasteiger partial charge in [-0.25, -0.2) is 0 Å². The third kappa shape index (κ3) is 3.48. The number of hydrogen-bond donors (Lipinski definition) is 1. The Labute approximate surface area is 116 Å². The quantitative estimate of drug-likeness (QED) is 0.853. The van der Waals surface area contributed by atoms with Crippen molar-refractivity contribution in [3.63, 3.8) is 0 Å². The van der Waals surface area contributed by atoms with Crippen molar-refractivity contribution < 1.29 is 4.74 Å². The lowest BCUT2D eigenvalue weighted by Crippen LogP contribution is -2.27. The maximum Gasteiger partial charge on any atom is 0.124 e. The zero-order valence-electron chi connectivity index (χ0n) is 12.4. The SMILES string of the molecule is CCOc1ccccc1C(C)N1CCC(CNC)C1. The van der Waals surface area contributed by atoms with Crippen molar-refractivity contribution in [2.75, 3.05) is 33.3 Å². The maximum atomic E-state index is 5.75. The van der Waals surface area contributed by atoms with Crippen LogP contribution in [0.25, 0.3) is 0 Å². The average molecular weight is 262 g/mol. The molecule has 0 bridgehead atoms. The van der Waals surface area contributed by atoms with Gasteiger partial charge in [0.05, 0.1) is 6.61 Å². The predicted octanol–water partition coefficient (Wildman–Crippen LogP) is 2.69. The number of para-hydroxylation sites is 1. The summed E-state index contributed by atoms with van der Waals surface area (Å²) >= 11 is 0. The topological polar surface area (TPSA) is 24.5 Å². The van der Waals surface area contributed by atoms with Crippen molar-refractivity contribution in [3.8, 4) is 5.75 Å². The van der Waals surface area contributed by atoms with Crippen molar-refractivity contribution in [2.45, 2.75) is 26.3 Å². The molecule has 0 amide bonds. The molecule has 0 saturated carbocycles. The fourth-order valence-electron chi connectivity index (χ4n) is 2.98. The first-order valence-electron chi connectivity index (χ1n) is 7.36. The fraction of sp³-hybridized carbons (Fsp3) is 0.625. The molecule has 1 aliphatic rings. The maximum absolute atomic E-state index is 5.75. The molecule has 19 heavy (non-hydrogen) atoms. The molecule has 1 N–H and O–H groups in total. The van der Waals surface area contributed by atoms with Crippen LogP contribution in [0, 0.1) is 5.92 Å². The first-order valence-corrected chi connectivity index (χ1v) is 7.36. The number of benzene rings is 1. The highest BCUT2D eigenvalue weighted by Gasteiger charge is 2.27. The van der Waals surface area contributed by atoms with Gasteiger partial charge in [0.1, 0.15) is 5.75 Å². The smallest absolute Gasteiger partial charge is 0.124 e. The molecule has 1 aromatic rings. The van der Waals surface area contributed by atoms with E-state index in [1.807, 2.05) is 14.0 Å². The molecular weight excluding hydrogens is 236 g/mol. The van der Waals surface area contributed by atoms with E-state index in [-0.39, 0.29) is 0 Å². The fourth-order valence-corrected chi connectivity index (χ4v) is 2.98. The number of likely N-dealkylation sites (tertiary alicyclic amines) is 1. The van der Waals surface area contributed by atoms with E-state index in [4.69, 9.17) is 4.74 Å². The summed E-state index contributed by atoms with van der Waals surface area (Å²) < 4.78 is 5.75. The normalized spacial score (nSPS) is 21.5. The minimum Gasteiger partial charge on any atom is -0.494 e. The summed E-state index contributed by atoms with van der Waals surface area (Å²) in [6, 6.07) is 8.87. The van der Waals surface area contributed by atoms with E-state index in [0.717, 1.165) is 24.8 Å². The first kappa shape index (κ1) is 14.4. The Bertz CT molecular complexity index is 394. The molecule has 1 heterocycles. The summed E-state index contributed by atoms with van der Waals surface area (Å²) in [5.74, 6) is 1.82. The molecule has 106 valence electrons. The number of ether oxygens (including phenoxy) is 1. The Hall–Kier alpha value is -1.06. The van der Waals surface area contributed by atoms with Gasteiger partial charge in [0.2, 0.25) is 0 Å². The Morgan fingerprint density at radius 2 is 2.21 bits per heavy atom. The summed E-state index contributed by atoms with van der Waals surface area (Å²) in [6.45, 7) is 8.55. The van der Waals surface area contributed by atoms with E-state index in [1.54, 1.807) is 0 Å². The Morgan fingerprint density at radius 3 is 2.95 bits per heavy atom. The van der Waals surface area contributed by atoms with E-state index in [0.29, 0.717) is 6.04 Å². The van der Waals surface area contributed by atoms with E-state index in [9.17, 15) is 0 Å². The molecule has 1 aliphatic heterocycles. The van der Waals surface area contributed by atoms with Gasteiger partial charge in [0.25, 0.3) is 0 Å². The molecule has 3 nitrogen and oxygen atoms in total. The van der Waals surface area contributed by atoms with Gasteiger partial charge in [0.15, 0.2) is 0 Å². The van der Waals surface area contributed by atoms with Crippen molar-refractivity contribution in [2.24, 2.45) is 5.92 Å². The van der Waals surface area contributed by atoms with Crippen LogP contribution < -0.4 is 10.1 Å². The zero-order chi connectivity index (χ0) is 13.7. The van der Waals surface area contributed by atoms with E-state index in [2.05, 4.69) is 41.4 Å². The highest BCUT2D eigenvalue weighted by molar-refractivity contribution is 5.35. The molecule has 0 aliphatic carbocycles. The second-order valence-electron chi connectivity index (χ2n) is 5.35. The molecule has 0 aromatic heterocycles. The second-order valence-corrected chi connectivity index (χ2v) is 5.35. The Morgan fingerprint density at radius 1 is 1.42 bits per heavy atom. The van der Waals surface area contributed by atoms with Crippen molar-refractivity contribution in [1.29, 1.82) is 0 Å². The Balaban J connectivity index is 2.05. The number of nitrogens with zero attached hydrogens (tertiary/aromatic N) is 1. The molecule has 1 fully saturated rings. The molecule has 2 atom stereocenters. The highest BCUT2D eigenvalue weighted by Crippen LogP contribution is 2.32. The summed E-state index contributed by atoms with van der Waals surface area (Å²) in [7, 11) is 2.04. The van der Waals surface area contributed by atoms with Gasteiger partial charge in [-0.05, 0) is 52.4 Å². The van der Waals surface area contributed by atoms with Crippen LogP contribution in [0.5, 0.6) is 5.75 Å². The number of hydrogen-bond acceptors (Lipinski definition) is 3. The van der Waals surface area contributed by atoms with Gasteiger partial charge in [0, 0.05) is 18.2 Å². The molecule has 0 radical (unpaired) electrons. The van der Waals surface area contributed by atoms with Gasteiger partial charge in [-0.2, -0.15) is 0 Å². The van der Waals surface area contributed by atoms with Crippen molar-refractivity contribution in [1.82, 2.24) is 10.2 Å². The third-order valence-corrected chi connectivity index (χ3v) is 4.03. The summed E-state index contributed by atoms with van der Waals surface area (Å²) in [6.07, 6.45) is 1.29. The van der Waals surface area contributed by atoms with Gasteiger partial charge >= 0.3 is 0 Å². The lowest BCUT2D eigenvalue weighted by molar-refractivity contribution is 0.242. The predicted molar refractivity (Wildman–Crippen MR) is 79.6 cm³/mol. The molecule has 2 rings (SSSR count). The molecule has 1 saturated heterocycles. The van der Waals surface area contributed by atoms with Gasteiger partial charge < -0.3 is 10.1 Å². The van der Waals surface area contributed by atoms with Crippen LogP contribution in [-0.4, -0.2) is 38.2 Å². The summed E-state index contributed by atoms with van der Waals surface area (Å²) in [4.78, 5) is 2.57. The molecule has 1 aromatic carbocycles. The Kier molecular flexibility index (Phi) is 5.23. The lowest BCUT2D eigenvalue weighted by Gasteiger charge is -2.26. The van der Waals surface area contributed by atoms with Crippen LogP contribution in [-0.2, 0) is 0 Å². The van der Waals surface area contributed by atoms with Crippen LogP contribution in [0.1, 0.15) is 31.9 Å². The standard InChI is InChI=1S/C16H26N2O/c1-4-19-16-8-6-5-7-15(16)13(2)18-10-9-14(12-18)11-17-3/h5-8,13-14,17H,4,9-12H2,1-3H3. The van der Waals surface area contributed by atoms with Crippen LogP contribution in [0.3, 0.4) is 0 Å². The van der Waals surface area contributed by atoms with Crippen molar-refractivity contribution >= 4 is 0 Å². The van der Waals surface area contributed by atoms with E-state index < -0.39 is 0 Å². The lowest BCUT2D eigenvalue weighted by atomic mass is 10.1. The molecule has 0 spiro atoms. The zero-order valence-corrected chi connectivity index (χ0v) is 12.4. The molecule has 3 heteroatoms. The monoisotopic (exact) mass is 262 g/mol. The van der Waals surface area contributed by atoms with Crippen LogP contribution in [0.4, 0.5) is 0 Å². The summed E-state index contributed by atoms with van der Waals surface area (Å²) in [5.41, 5.74) is 1.31. The summed E-state index contributed by atoms with van der Waals surface area (Å²) in [5, 5.41) is 3.29.